The van der Waals surface area contributed by atoms with Crippen molar-refractivity contribution < 1.29 is 14.0 Å². The first-order valence-corrected chi connectivity index (χ1v) is 9.56. The first kappa shape index (κ1) is 18.3. The molecule has 0 bridgehead atoms. The van der Waals surface area contributed by atoms with Crippen LogP contribution in [0.5, 0.6) is 0 Å². The van der Waals surface area contributed by atoms with Gasteiger partial charge in [0.1, 0.15) is 11.5 Å². The van der Waals surface area contributed by atoms with E-state index in [-0.39, 0.29) is 24.2 Å². The van der Waals surface area contributed by atoms with E-state index >= 15 is 0 Å². The molecule has 1 aromatic heterocycles. The molecule has 0 N–H and O–H groups in total. The van der Waals surface area contributed by atoms with E-state index < -0.39 is 0 Å². The van der Waals surface area contributed by atoms with Gasteiger partial charge >= 0.3 is 0 Å². The molecule has 0 radical (unpaired) electrons. The molecule has 3 heterocycles. The molecule has 1 saturated heterocycles. The zero-order valence-electron chi connectivity index (χ0n) is 15.8. The van der Waals surface area contributed by atoms with Crippen molar-refractivity contribution in [3.8, 4) is 0 Å². The monoisotopic (exact) mass is 379 g/mol. The minimum absolute atomic E-state index is 0.121. The van der Waals surface area contributed by atoms with Gasteiger partial charge in [0.05, 0.1) is 17.8 Å². The van der Waals surface area contributed by atoms with Gasteiger partial charge in [0.25, 0.3) is 11.8 Å². The van der Waals surface area contributed by atoms with Crippen LogP contribution in [0.25, 0.3) is 5.57 Å². The SMILES string of the molecule is CC1CCCN(C2=C(c3ccc(F)cc3)C(=O)N(Cc3ccccn3)C2=O)C1. The van der Waals surface area contributed by atoms with Crippen molar-refractivity contribution in [3.05, 3.63) is 71.4 Å². The molecule has 144 valence electrons. The van der Waals surface area contributed by atoms with Gasteiger partial charge in [-0.2, -0.15) is 0 Å². The van der Waals surface area contributed by atoms with E-state index in [1.165, 1.54) is 17.0 Å². The van der Waals surface area contributed by atoms with Crippen LogP contribution in [-0.2, 0) is 16.1 Å². The van der Waals surface area contributed by atoms with Gasteiger partial charge in [-0.25, -0.2) is 4.39 Å². The van der Waals surface area contributed by atoms with Crippen LogP contribution < -0.4 is 0 Å². The Kier molecular flexibility index (Phi) is 4.94. The summed E-state index contributed by atoms with van der Waals surface area (Å²) in [6.07, 6.45) is 3.72. The number of carbonyl (C=O) groups is 2. The minimum atomic E-state index is -0.375. The van der Waals surface area contributed by atoms with Crippen molar-refractivity contribution in [2.75, 3.05) is 13.1 Å². The van der Waals surface area contributed by atoms with Crippen LogP contribution in [0.4, 0.5) is 4.39 Å². The van der Waals surface area contributed by atoms with Crippen LogP contribution in [0.3, 0.4) is 0 Å². The number of pyridine rings is 1. The number of amides is 2. The molecular formula is C22H22FN3O2. The number of imide groups is 1. The summed E-state index contributed by atoms with van der Waals surface area (Å²) in [4.78, 5) is 34.0. The van der Waals surface area contributed by atoms with Gasteiger partial charge in [-0.3, -0.25) is 19.5 Å². The lowest BCUT2D eigenvalue weighted by Crippen LogP contribution is -2.39. The number of rotatable bonds is 4. The van der Waals surface area contributed by atoms with Crippen LogP contribution in [0.2, 0.25) is 0 Å². The van der Waals surface area contributed by atoms with Gasteiger partial charge in [-0.05, 0) is 48.6 Å². The molecule has 1 fully saturated rings. The van der Waals surface area contributed by atoms with Crippen molar-refractivity contribution in [2.24, 2.45) is 5.92 Å². The topological polar surface area (TPSA) is 53.5 Å². The van der Waals surface area contributed by atoms with Crippen LogP contribution in [-0.4, -0.2) is 39.7 Å². The van der Waals surface area contributed by atoms with Crippen LogP contribution in [0.1, 0.15) is 31.0 Å². The maximum Gasteiger partial charge on any atom is 0.278 e. The fraction of sp³-hybridized carbons (Fsp3) is 0.318. The Balaban J connectivity index is 1.74. The van der Waals surface area contributed by atoms with Gasteiger partial charge < -0.3 is 4.90 Å². The van der Waals surface area contributed by atoms with Gasteiger partial charge in [0.2, 0.25) is 0 Å². The summed E-state index contributed by atoms with van der Waals surface area (Å²) in [6.45, 7) is 3.74. The van der Waals surface area contributed by atoms with Crippen molar-refractivity contribution in [1.29, 1.82) is 0 Å². The largest absolute Gasteiger partial charge is 0.366 e. The number of hydrogen-bond acceptors (Lipinski definition) is 4. The molecule has 0 spiro atoms. The van der Waals surface area contributed by atoms with Crippen LogP contribution in [0, 0.1) is 11.7 Å². The van der Waals surface area contributed by atoms with E-state index in [1.54, 1.807) is 30.5 Å². The highest BCUT2D eigenvalue weighted by Crippen LogP contribution is 2.34. The quantitative estimate of drug-likeness (QED) is 0.766. The molecule has 2 aromatic rings. The number of benzene rings is 1. The highest BCUT2D eigenvalue weighted by Gasteiger charge is 2.42. The molecule has 1 aromatic carbocycles. The van der Waals surface area contributed by atoms with E-state index in [9.17, 15) is 14.0 Å². The Morgan fingerprint density at radius 3 is 2.57 bits per heavy atom. The third-order valence-electron chi connectivity index (χ3n) is 5.30. The Hall–Kier alpha value is -3.02. The molecule has 5 nitrogen and oxygen atoms in total. The minimum Gasteiger partial charge on any atom is -0.366 e. The molecule has 0 aliphatic carbocycles. The molecule has 2 aliphatic rings. The Morgan fingerprint density at radius 1 is 1.11 bits per heavy atom. The Morgan fingerprint density at radius 2 is 1.89 bits per heavy atom. The van der Waals surface area contributed by atoms with Gasteiger partial charge in [0.15, 0.2) is 0 Å². The molecule has 2 aliphatic heterocycles. The smallest absolute Gasteiger partial charge is 0.278 e. The average Bonchev–Trinajstić information content (AvgIpc) is 2.94. The third-order valence-corrected chi connectivity index (χ3v) is 5.30. The molecular weight excluding hydrogens is 357 g/mol. The number of nitrogens with zero attached hydrogens (tertiary/aromatic N) is 3. The summed E-state index contributed by atoms with van der Waals surface area (Å²) in [5, 5.41) is 0. The average molecular weight is 379 g/mol. The van der Waals surface area contributed by atoms with Gasteiger partial charge in [-0.1, -0.05) is 25.1 Å². The van der Waals surface area contributed by atoms with Crippen molar-refractivity contribution in [2.45, 2.75) is 26.3 Å². The number of piperidine rings is 1. The zero-order chi connectivity index (χ0) is 19.7. The third kappa shape index (κ3) is 3.42. The van der Waals surface area contributed by atoms with Crippen molar-refractivity contribution >= 4 is 17.4 Å². The highest BCUT2D eigenvalue weighted by atomic mass is 19.1. The van der Waals surface area contributed by atoms with E-state index in [0.29, 0.717) is 28.4 Å². The number of carbonyl (C=O) groups excluding carboxylic acids is 2. The predicted octanol–water partition coefficient (Wildman–Crippen LogP) is 3.23. The normalized spacial score (nSPS) is 20.3. The summed E-state index contributed by atoms with van der Waals surface area (Å²) >= 11 is 0. The van der Waals surface area contributed by atoms with E-state index in [2.05, 4.69) is 11.9 Å². The number of aromatic nitrogens is 1. The summed E-state index contributed by atoms with van der Waals surface area (Å²) in [7, 11) is 0. The summed E-state index contributed by atoms with van der Waals surface area (Å²) in [5.74, 6) is -0.581. The fourth-order valence-electron chi connectivity index (χ4n) is 3.92. The highest BCUT2D eigenvalue weighted by molar-refractivity contribution is 6.35. The van der Waals surface area contributed by atoms with Crippen molar-refractivity contribution in [1.82, 2.24) is 14.8 Å². The number of likely N-dealkylation sites (tertiary alicyclic amines) is 1. The maximum absolute atomic E-state index is 13.4. The first-order valence-electron chi connectivity index (χ1n) is 9.56. The predicted molar refractivity (Wildman–Crippen MR) is 103 cm³/mol. The fourth-order valence-corrected chi connectivity index (χ4v) is 3.92. The molecule has 1 unspecified atom stereocenters. The molecule has 6 heteroatoms. The second kappa shape index (κ2) is 7.54. The number of halogens is 1. The van der Waals surface area contributed by atoms with E-state index in [1.807, 2.05) is 11.0 Å². The number of hydrogen-bond donors (Lipinski definition) is 0. The zero-order valence-corrected chi connectivity index (χ0v) is 15.8. The first-order chi connectivity index (χ1) is 13.5. The second-order valence-electron chi connectivity index (χ2n) is 7.44. The van der Waals surface area contributed by atoms with Gasteiger partial charge in [0, 0.05) is 19.3 Å². The van der Waals surface area contributed by atoms with E-state index in [4.69, 9.17) is 0 Å². The molecule has 1 atom stereocenters. The molecule has 0 saturated carbocycles. The Labute approximate surface area is 163 Å². The van der Waals surface area contributed by atoms with Crippen LogP contribution >= 0.6 is 0 Å². The standard InChI is InChI=1S/C22H22FN3O2/c1-15-5-4-12-25(13-15)20-19(16-7-9-17(23)10-8-16)21(27)26(22(20)28)14-18-6-2-3-11-24-18/h2-3,6-11,15H,4-5,12-14H2,1H3. The second-order valence-corrected chi connectivity index (χ2v) is 7.44. The van der Waals surface area contributed by atoms with Crippen molar-refractivity contribution in [3.63, 3.8) is 0 Å². The van der Waals surface area contributed by atoms with Gasteiger partial charge in [-0.15, -0.1) is 0 Å². The summed E-state index contributed by atoms with van der Waals surface area (Å²) in [5.41, 5.74) is 2.00. The summed E-state index contributed by atoms with van der Waals surface area (Å²) < 4.78 is 13.4. The molecule has 4 rings (SSSR count). The molecule has 2 amide bonds. The Bertz CT molecular complexity index is 925. The lowest BCUT2D eigenvalue weighted by Gasteiger charge is -2.33. The van der Waals surface area contributed by atoms with E-state index in [0.717, 1.165) is 25.9 Å². The lowest BCUT2D eigenvalue weighted by atomic mass is 9.98. The maximum atomic E-state index is 13.4. The molecule has 28 heavy (non-hydrogen) atoms. The lowest BCUT2D eigenvalue weighted by molar-refractivity contribution is -0.138. The summed E-state index contributed by atoms with van der Waals surface area (Å²) in [6, 6.07) is 11.2. The van der Waals surface area contributed by atoms with Crippen LogP contribution in [0.15, 0.2) is 54.4 Å².